The Hall–Kier alpha value is -10.3. The van der Waals surface area contributed by atoms with E-state index in [9.17, 15) is 5.26 Å². The molecular formula is C72H44N4. The Balaban J connectivity index is 0.752. The average Bonchev–Trinajstić information content (AvgIpc) is 3.55. The highest BCUT2D eigenvalue weighted by molar-refractivity contribution is 6.25. The molecule has 0 unspecified atom stereocenters. The van der Waals surface area contributed by atoms with Crippen LogP contribution in [0.25, 0.3) is 144 Å². The van der Waals surface area contributed by atoms with E-state index < -0.39 is 0 Å². The summed E-state index contributed by atoms with van der Waals surface area (Å²) in [6.07, 6.45) is 0. The number of nitriles is 1. The largest absolute Gasteiger partial charge is 0.208 e. The maximum atomic E-state index is 10.6. The van der Waals surface area contributed by atoms with Crippen LogP contribution >= 0.6 is 0 Å². The zero-order valence-corrected chi connectivity index (χ0v) is 41.2. The van der Waals surface area contributed by atoms with E-state index in [1.165, 1.54) is 59.4 Å². The molecule has 0 bridgehead atoms. The van der Waals surface area contributed by atoms with Gasteiger partial charge < -0.3 is 0 Å². The van der Waals surface area contributed by atoms with Gasteiger partial charge in [-0.05, 0) is 140 Å². The van der Waals surface area contributed by atoms with Crippen LogP contribution in [0.5, 0.6) is 0 Å². The second-order valence-electron chi connectivity index (χ2n) is 19.4. The Bertz CT molecular complexity index is 4590. The first-order chi connectivity index (χ1) is 37.6. The molecule has 352 valence electrons. The van der Waals surface area contributed by atoms with Crippen molar-refractivity contribution in [2.24, 2.45) is 0 Å². The number of benzene rings is 13. The molecule has 0 fully saturated rings. The van der Waals surface area contributed by atoms with Gasteiger partial charge >= 0.3 is 0 Å². The summed E-state index contributed by atoms with van der Waals surface area (Å²) in [5, 5.41) is 23.0. The van der Waals surface area contributed by atoms with Gasteiger partial charge in [0.05, 0.1) is 11.6 Å². The standard InChI is InChI=1S/C72H44N4/c73-45-58-42-54(36-38-59(58)56-20-13-19-53(41-56)55-37-39-67-64-25-8-7-23-62(64)63-24-9-11-27-66(63)69(67)43-55)52-18-12-17-51(40-52)46-28-32-49(33-29-46)71-74-70(48-14-2-1-3-15-48)75-72(76-71)50-34-30-47(31-35-50)68-44-57-16-4-5-21-60(57)61-22-6-10-26-65(61)68/h1-44H. The SMILES string of the molecule is N#Cc1cc(-c2cccc(-c3ccc(-c4nc(-c5ccccc5)nc(-c5ccc(-c6cc7ccccc7c7ccccc67)cc5)n4)cc3)c2)ccc1-c1cccc(-c2ccc3c4ccccc4c4ccccc4c3c2)c1. The lowest BCUT2D eigenvalue weighted by molar-refractivity contribution is 1.07. The minimum Gasteiger partial charge on any atom is -0.208 e. The van der Waals surface area contributed by atoms with Crippen molar-refractivity contribution in [3.63, 3.8) is 0 Å². The molecule has 4 heteroatoms. The summed E-state index contributed by atoms with van der Waals surface area (Å²) in [7, 11) is 0. The van der Waals surface area contributed by atoms with Crippen LogP contribution in [0.3, 0.4) is 0 Å². The van der Waals surface area contributed by atoms with Gasteiger partial charge in [0, 0.05) is 16.7 Å². The molecule has 76 heavy (non-hydrogen) atoms. The van der Waals surface area contributed by atoms with Gasteiger partial charge in [-0.3, -0.25) is 0 Å². The summed E-state index contributed by atoms with van der Waals surface area (Å²) in [5.41, 5.74) is 14.0. The highest BCUT2D eigenvalue weighted by Crippen LogP contribution is 2.40. The van der Waals surface area contributed by atoms with Crippen molar-refractivity contribution in [3.8, 4) is 95.9 Å². The van der Waals surface area contributed by atoms with Crippen LogP contribution in [0, 0.1) is 11.3 Å². The van der Waals surface area contributed by atoms with E-state index in [2.05, 4.69) is 237 Å². The molecule has 0 N–H and O–H groups in total. The predicted octanol–water partition coefficient (Wildman–Crippen LogP) is 18.8. The first-order valence-electron chi connectivity index (χ1n) is 25.6. The Labute approximate surface area is 440 Å². The fourth-order valence-corrected chi connectivity index (χ4v) is 11.2. The van der Waals surface area contributed by atoms with E-state index in [-0.39, 0.29) is 0 Å². The molecule has 13 aromatic carbocycles. The number of aromatic nitrogens is 3. The van der Waals surface area contributed by atoms with Crippen molar-refractivity contribution < 1.29 is 0 Å². The molecular weight excluding hydrogens is 921 g/mol. The van der Waals surface area contributed by atoms with Crippen LogP contribution in [-0.2, 0) is 0 Å². The number of fused-ring (bicyclic) bond motifs is 9. The monoisotopic (exact) mass is 964 g/mol. The van der Waals surface area contributed by atoms with Gasteiger partial charge in [0.15, 0.2) is 17.5 Å². The normalized spacial score (nSPS) is 11.4. The number of hydrogen-bond donors (Lipinski definition) is 0. The lowest BCUT2D eigenvalue weighted by atomic mass is 9.90. The molecule has 0 saturated carbocycles. The molecule has 1 aromatic heterocycles. The van der Waals surface area contributed by atoms with Crippen molar-refractivity contribution in [1.29, 1.82) is 5.26 Å². The van der Waals surface area contributed by atoms with Crippen LogP contribution in [-0.4, -0.2) is 15.0 Å². The maximum Gasteiger partial charge on any atom is 0.164 e. The van der Waals surface area contributed by atoms with Gasteiger partial charge in [-0.15, -0.1) is 0 Å². The number of hydrogen-bond acceptors (Lipinski definition) is 4. The van der Waals surface area contributed by atoms with Crippen molar-refractivity contribution >= 4 is 53.9 Å². The summed E-state index contributed by atoms with van der Waals surface area (Å²) in [6, 6.07) is 96.5. The van der Waals surface area contributed by atoms with Crippen molar-refractivity contribution in [2.75, 3.05) is 0 Å². The highest BCUT2D eigenvalue weighted by atomic mass is 15.0. The summed E-state index contributed by atoms with van der Waals surface area (Å²) in [4.78, 5) is 15.2. The first kappa shape index (κ1) is 44.4. The van der Waals surface area contributed by atoms with E-state index in [1.807, 2.05) is 36.4 Å². The second-order valence-corrected chi connectivity index (χ2v) is 19.4. The van der Waals surface area contributed by atoms with Crippen molar-refractivity contribution in [3.05, 3.63) is 272 Å². The summed E-state index contributed by atoms with van der Waals surface area (Å²) in [5.74, 6) is 1.83. The maximum absolute atomic E-state index is 10.6. The minimum absolute atomic E-state index is 0.600. The van der Waals surface area contributed by atoms with Gasteiger partial charge in [0.25, 0.3) is 0 Å². The molecule has 14 aromatic rings. The Morgan fingerprint density at radius 3 is 1.21 bits per heavy atom. The van der Waals surface area contributed by atoms with E-state index in [1.54, 1.807) is 0 Å². The van der Waals surface area contributed by atoms with Crippen LogP contribution in [0.15, 0.2) is 267 Å². The second kappa shape index (κ2) is 18.6. The lowest BCUT2D eigenvalue weighted by Crippen LogP contribution is -2.00. The quantitative estimate of drug-likeness (QED) is 0.142. The summed E-state index contributed by atoms with van der Waals surface area (Å²) >= 11 is 0. The Kier molecular flexibility index (Phi) is 10.9. The molecule has 14 rings (SSSR count). The van der Waals surface area contributed by atoms with Gasteiger partial charge in [-0.25, -0.2) is 15.0 Å². The molecule has 0 aliphatic carbocycles. The Morgan fingerprint density at radius 2 is 0.605 bits per heavy atom. The summed E-state index contributed by atoms with van der Waals surface area (Å²) in [6.45, 7) is 0. The average molecular weight is 965 g/mol. The van der Waals surface area contributed by atoms with Gasteiger partial charge in [-0.1, -0.05) is 237 Å². The fourth-order valence-electron chi connectivity index (χ4n) is 11.2. The first-order valence-corrected chi connectivity index (χ1v) is 25.6. The molecule has 0 aliphatic heterocycles. The van der Waals surface area contributed by atoms with E-state index in [0.717, 1.165) is 66.8 Å². The zero-order chi connectivity index (χ0) is 50.5. The number of rotatable bonds is 8. The molecule has 4 nitrogen and oxygen atoms in total. The molecule has 0 aliphatic rings. The minimum atomic E-state index is 0.600. The molecule has 0 atom stereocenters. The smallest absolute Gasteiger partial charge is 0.164 e. The van der Waals surface area contributed by atoms with E-state index in [4.69, 9.17) is 15.0 Å². The van der Waals surface area contributed by atoms with Crippen LogP contribution in [0.1, 0.15) is 5.56 Å². The third-order valence-electron chi connectivity index (χ3n) is 15.0. The molecule has 0 amide bonds. The summed E-state index contributed by atoms with van der Waals surface area (Å²) < 4.78 is 0. The van der Waals surface area contributed by atoms with Crippen LogP contribution in [0.4, 0.5) is 0 Å². The van der Waals surface area contributed by atoms with Gasteiger partial charge in [-0.2, -0.15) is 5.26 Å². The third kappa shape index (κ3) is 7.92. The van der Waals surface area contributed by atoms with Crippen LogP contribution in [0.2, 0.25) is 0 Å². The van der Waals surface area contributed by atoms with Gasteiger partial charge in [0.1, 0.15) is 0 Å². The number of nitrogens with zero attached hydrogens (tertiary/aromatic N) is 4. The van der Waals surface area contributed by atoms with Gasteiger partial charge in [0.2, 0.25) is 0 Å². The molecule has 0 saturated heterocycles. The van der Waals surface area contributed by atoms with E-state index >= 15 is 0 Å². The molecule has 1 heterocycles. The lowest BCUT2D eigenvalue weighted by Gasteiger charge is -2.13. The van der Waals surface area contributed by atoms with Crippen molar-refractivity contribution in [1.82, 2.24) is 15.0 Å². The van der Waals surface area contributed by atoms with E-state index in [0.29, 0.717) is 23.0 Å². The Morgan fingerprint density at radius 1 is 0.224 bits per heavy atom. The highest BCUT2D eigenvalue weighted by Gasteiger charge is 2.16. The van der Waals surface area contributed by atoms with Crippen molar-refractivity contribution in [2.45, 2.75) is 0 Å². The molecule has 0 spiro atoms. The third-order valence-corrected chi connectivity index (χ3v) is 15.0. The fraction of sp³-hybridized carbons (Fsp3) is 0. The predicted molar refractivity (Wildman–Crippen MR) is 316 cm³/mol. The molecule has 0 radical (unpaired) electrons. The topological polar surface area (TPSA) is 62.5 Å². The zero-order valence-electron chi connectivity index (χ0n) is 41.2. The van der Waals surface area contributed by atoms with Crippen LogP contribution < -0.4 is 0 Å².